The Bertz CT molecular complexity index is 1690. The van der Waals surface area contributed by atoms with Crippen molar-refractivity contribution in [1.29, 1.82) is 0 Å². The molecule has 0 aliphatic rings. The lowest BCUT2D eigenvalue weighted by Crippen LogP contribution is -2.22. The molecule has 4 N–H and O–H groups in total. The lowest BCUT2D eigenvalue weighted by atomic mass is 9.87. The summed E-state index contributed by atoms with van der Waals surface area (Å²) in [6, 6.07) is 24.6. The van der Waals surface area contributed by atoms with Gasteiger partial charge in [0.25, 0.3) is 15.9 Å². The predicted octanol–water partition coefficient (Wildman–Crippen LogP) is 5.57. The number of rotatable bonds is 12. The molecule has 4 rings (SSSR count). The van der Waals surface area contributed by atoms with E-state index in [9.17, 15) is 23.4 Å². The number of aliphatic hydroxyl groups excluding tert-OH is 2. The zero-order chi connectivity index (χ0) is 31.9. The molecule has 0 aliphatic heterocycles. The van der Waals surface area contributed by atoms with Crippen LogP contribution in [0.5, 0.6) is 23.0 Å². The Balaban J connectivity index is 1.83. The van der Waals surface area contributed by atoms with Crippen molar-refractivity contribution in [2.75, 3.05) is 30.4 Å². The Labute approximate surface area is 257 Å². The zero-order valence-corrected chi connectivity index (χ0v) is 25.7. The van der Waals surface area contributed by atoms with E-state index in [-0.39, 0.29) is 45.4 Å². The third-order valence-electron chi connectivity index (χ3n) is 6.53. The Hall–Kier alpha value is -4.58. The number of amides is 1. The Morgan fingerprint density at radius 2 is 1.59 bits per heavy atom. The second-order valence-corrected chi connectivity index (χ2v) is 12.7. The molecule has 0 saturated carbocycles. The number of para-hydroxylation sites is 1. The molecular weight excluding hydrogens is 584 g/mol. The number of nitrogens with one attached hydrogen (secondary N) is 2. The molecule has 0 spiro atoms. The van der Waals surface area contributed by atoms with Gasteiger partial charge in [0.05, 0.1) is 24.3 Å². The van der Waals surface area contributed by atoms with Gasteiger partial charge in [0.1, 0.15) is 24.2 Å². The number of aliphatic hydroxyl groups is 2. The third kappa shape index (κ3) is 8.28. The summed E-state index contributed by atoms with van der Waals surface area (Å²) in [6.07, 6.45) is -1.25. The molecule has 0 aliphatic carbocycles. The maximum absolute atomic E-state index is 13.7. The van der Waals surface area contributed by atoms with Crippen molar-refractivity contribution in [2.24, 2.45) is 0 Å². The van der Waals surface area contributed by atoms with Gasteiger partial charge < -0.3 is 29.7 Å². The van der Waals surface area contributed by atoms with Crippen molar-refractivity contribution < 1.29 is 37.6 Å². The fourth-order valence-electron chi connectivity index (χ4n) is 4.11. The average Bonchev–Trinajstić information content (AvgIpc) is 3.01. The lowest BCUT2D eigenvalue weighted by molar-refractivity contribution is 0.0529. The summed E-state index contributed by atoms with van der Waals surface area (Å²) in [6.45, 7) is 5.13. The van der Waals surface area contributed by atoms with Gasteiger partial charge in [0, 0.05) is 17.3 Å². The number of ether oxygens (including phenoxy) is 3. The highest BCUT2D eigenvalue weighted by atomic mass is 32.2. The van der Waals surface area contributed by atoms with Crippen molar-refractivity contribution in [3.05, 3.63) is 102 Å². The van der Waals surface area contributed by atoms with Crippen LogP contribution in [0.15, 0.2) is 95.9 Å². The highest BCUT2D eigenvalue weighted by Gasteiger charge is 2.25. The van der Waals surface area contributed by atoms with Crippen LogP contribution in [0.1, 0.15) is 36.7 Å². The van der Waals surface area contributed by atoms with Gasteiger partial charge in [-0.15, -0.1) is 0 Å². The number of anilines is 2. The standard InChI is InChI=1S/C33H36N2O8S/c1-33(2,3)23-13-15-28(16-14-23)44(39,40)35-29-17-22(32(38)34-24-9-6-5-7-10-24)18-30(42-21-25(37)20-36)31(29)43-27-12-8-11-26(19-27)41-4/h5-19,25,35-37H,20-21H2,1-4H3,(H,34,38). The Morgan fingerprint density at radius 3 is 2.23 bits per heavy atom. The molecule has 10 nitrogen and oxygen atoms in total. The minimum absolute atomic E-state index is 0.00450. The molecule has 0 bridgehead atoms. The predicted molar refractivity (Wildman–Crippen MR) is 168 cm³/mol. The molecule has 4 aromatic rings. The van der Waals surface area contributed by atoms with E-state index in [1.54, 1.807) is 66.7 Å². The largest absolute Gasteiger partial charge is 0.497 e. The summed E-state index contributed by atoms with van der Waals surface area (Å²) in [7, 11) is -2.69. The second kappa shape index (κ2) is 13.8. The number of carbonyl (C=O) groups is 1. The SMILES string of the molecule is COc1cccc(Oc2c(NS(=O)(=O)c3ccc(C(C)(C)C)cc3)cc(C(=O)Nc3ccccc3)cc2OCC(O)CO)c1. The fourth-order valence-corrected chi connectivity index (χ4v) is 5.16. The van der Waals surface area contributed by atoms with Gasteiger partial charge in [0.15, 0.2) is 11.5 Å². The molecule has 0 saturated heterocycles. The first-order valence-electron chi connectivity index (χ1n) is 13.8. The molecule has 11 heteroatoms. The van der Waals surface area contributed by atoms with Gasteiger partial charge >= 0.3 is 0 Å². The number of hydrogen-bond acceptors (Lipinski definition) is 8. The molecule has 1 atom stereocenters. The van der Waals surface area contributed by atoms with Crippen LogP contribution in [-0.4, -0.2) is 51.0 Å². The number of sulfonamides is 1. The van der Waals surface area contributed by atoms with Crippen LogP contribution in [0.25, 0.3) is 0 Å². The minimum atomic E-state index is -4.19. The van der Waals surface area contributed by atoms with Crippen molar-refractivity contribution in [3.63, 3.8) is 0 Å². The third-order valence-corrected chi connectivity index (χ3v) is 7.91. The second-order valence-electron chi connectivity index (χ2n) is 11.0. The van der Waals surface area contributed by atoms with Crippen LogP contribution in [0.2, 0.25) is 0 Å². The molecule has 0 fully saturated rings. The summed E-state index contributed by atoms with van der Waals surface area (Å²) in [5.41, 5.74) is 1.24. The number of benzene rings is 4. The van der Waals surface area contributed by atoms with E-state index in [0.29, 0.717) is 11.4 Å². The average molecular weight is 621 g/mol. The van der Waals surface area contributed by atoms with Crippen molar-refractivity contribution in [3.8, 4) is 23.0 Å². The lowest BCUT2D eigenvalue weighted by Gasteiger charge is -2.21. The first-order valence-corrected chi connectivity index (χ1v) is 15.3. The van der Waals surface area contributed by atoms with E-state index in [1.165, 1.54) is 31.4 Å². The van der Waals surface area contributed by atoms with Gasteiger partial charge in [-0.3, -0.25) is 9.52 Å². The monoisotopic (exact) mass is 620 g/mol. The minimum Gasteiger partial charge on any atom is -0.497 e. The van der Waals surface area contributed by atoms with Gasteiger partial charge in [-0.1, -0.05) is 57.2 Å². The summed E-state index contributed by atoms with van der Waals surface area (Å²) in [4.78, 5) is 13.3. The highest BCUT2D eigenvalue weighted by molar-refractivity contribution is 7.92. The number of methoxy groups -OCH3 is 1. The van der Waals surface area contributed by atoms with Crippen LogP contribution in [0.3, 0.4) is 0 Å². The Morgan fingerprint density at radius 1 is 0.909 bits per heavy atom. The van der Waals surface area contributed by atoms with Crippen molar-refractivity contribution >= 4 is 27.3 Å². The highest BCUT2D eigenvalue weighted by Crippen LogP contribution is 2.42. The van der Waals surface area contributed by atoms with E-state index in [2.05, 4.69) is 10.0 Å². The van der Waals surface area contributed by atoms with Gasteiger partial charge in [-0.25, -0.2) is 8.42 Å². The van der Waals surface area contributed by atoms with Crippen molar-refractivity contribution in [1.82, 2.24) is 0 Å². The van der Waals surface area contributed by atoms with Gasteiger partial charge in [0.2, 0.25) is 0 Å². The maximum atomic E-state index is 13.7. The summed E-state index contributed by atoms with van der Waals surface area (Å²) >= 11 is 0. The zero-order valence-electron chi connectivity index (χ0n) is 24.9. The molecule has 232 valence electrons. The molecule has 44 heavy (non-hydrogen) atoms. The van der Waals surface area contributed by atoms with Crippen LogP contribution >= 0.6 is 0 Å². The summed E-state index contributed by atoms with van der Waals surface area (Å²) in [5.74, 6) is 0.0944. The van der Waals surface area contributed by atoms with Gasteiger partial charge in [-0.05, 0) is 59.5 Å². The number of hydrogen-bond donors (Lipinski definition) is 4. The molecule has 1 amide bonds. The van der Waals surface area contributed by atoms with Crippen LogP contribution in [0, 0.1) is 0 Å². The topological polar surface area (TPSA) is 143 Å². The number of carbonyl (C=O) groups excluding carboxylic acids is 1. The maximum Gasteiger partial charge on any atom is 0.262 e. The van der Waals surface area contributed by atoms with Crippen molar-refractivity contribution in [2.45, 2.75) is 37.2 Å². The van der Waals surface area contributed by atoms with E-state index < -0.39 is 28.6 Å². The molecule has 1 unspecified atom stereocenters. The first-order chi connectivity index (χ1) is 20.9. The van der Waals surface area contributed by atoms with E-state index in [4.69, 9.17) is 14.2 Å². The molecular formula is C33H36N2O8S. The van der Waals surface area contributed by atoms with Crippen LogP contribution in [0.4, 0.5) is 11.4 Å². The Kier molecular flexibility index (Phi) is 10.1. The molecule has 0 radical (unpaired) electrons. The molecule has 0 heterocycles. The fraction of sp³-hybridized carbons (Fsp3) is 0.242. The van der Waals surface area contributed by atoms with E-state index in [0.717, 1.165) is 5.56 Å². The van der Waals surface area contributed by atoms with Gasteiger partial charge in [-0.2, -0.15) is 0 Å². The smallest absolute Gasteiger partial charge is 0.262 e. The molecule has 0 aromatic heterocycles. The van der Waals surface area contributed by atoms with E-state index in [1.807, 2.05) is 20.8 Å². The normalized spacial score (nSPS) is 12.2. The van der Waals surface area contributed by atoms with E-state index >= 15 is 0 Å². The van der Waals surface area contributed by atoms with Crippen LogP contribution in [-0.2, 0) is 15.4 Å². The summed E-state index contributed by atoms with van der Waals surface area (Å²) in [5, 5.41) is 22.1. The first kappa shape index (κ1) is 32.3. The quantitative estimate of drug-likeness (QED) is 0.161. The molecule has 4 aromatic carbocycles. The summed E-state index contributed by atoms with van der Waals surface area (Å²) < 4.78 is 47.1. The van der Waals surface area contributed by atoms with Crippen LogP contribution < -0.4 is 24.2 Å².